The fourth-order valence-corrected chi connectivity index (χ4v) is 2.63. The lowest BCUT2D eigenvalue weighted by Crippen LogP contribution is -2.12. The van der Waals surface area contributed by atoms with Crippen molar-refractivity contribution in [3.63, 3.8) is 0 Å². The summed E-state index contributed by atoms with van der Waals surface area (Å²) in [6, 6.07) is 22.7. The van der Waals surface area contributed by atoms with Crippen molar-refractivity contribution in [2.45, 2.75) is 18.9 Å². The van der Waals surface area contributed by atoms with E-state index in [0.29, 0.717) is 0 Å². The highest BCUT2D eigenvalue weighted by atomic mass is 16.2. The molecule has 0 aliphatic carbocycles. The number of hydrogen-bond acceptors (Lipinski definition) is 3. The molecule has 1 atom stereocenters. The molecule has 3 heteroatoms. The van der Waals surface area contributed by atoms with Crippen LogP contribution in [-0.4, -0.2) is 16.7 Å². The molecule has 1 aromatic heterocycles. The van der Waals surface area contributed by atoms with Crippen LogP contribution in [0.15, 0.2) is 66.7 Å². The number of anilines is 1. The number of para-hydroxylation sites is 1. The third kappa shape index (κ3) is 3.43. The topological polar surface area (TPSA) is 45.1 Å². The predicted octanol–water partition coefficient (Wildman–Crippen LogP) is 4.16. The van der Waals surface area contributed by atoms with E-state index in [0.717, 1.165) is 29.6 Å². The summed E-state index contributed by atoms with van der Waals surface area (Å²) in [6.07, 6.45) is 1.63. The van der Waals surface area contributed by atoms with Gasteiger partial charge in [0.1, 0.15) is 5.82 Å². The number of nitrogens with zero attached hydrogens (tertiary/aromatic N) is 1. The molecule has 1 heterocycles. The van der Waals surface area contributed by atoms with Crippen LogP contribution in [0.2, 0.25) is 0 Å². The minimum absolute atomic E-state index is 0.155. The van der Waals surface area contributed by atoms with Gasteiger partial charge in [0.15, 0.2) is 0 Å². The van der Waals surface area contributed by atoms with Crippen LogP contribution in [0.1, 0.15) is 24.4 Å². The van der Waals surface area contributed by atoms with E-state index in [2.05, 4.69) is 34.6 Å². The molecular weight excluding hydrogens is 272 g/mol. The summed E-state index contributed by atoms with van der Waals surface area (Å²) in [7, 11) is 0. The summed E-state index contributed by atoms with van der Waals surface area (Å²) in [5.41, 5.74) is 2.20. The Kier molecular flexibility index (Phi) is 4.66. The van der Waals surface area contributed by atoms with Crippen molar-refractivity contribution in [1.29, 1.82) is 0 Å². The summed E-state index contributed by atoms with van der Waals surface area (Å²) >= 11 is 0. The maximum absolute atomic E-state index is 9.13. The molecule has 0 fully saturated rings. The Bertz CT molecular complexity index is 728. The summed E-state index contributed by atoms with van der Waals surface area (Å²) in [4.78, 5) is 4.67. The Morgan fingerprint density at radius 2 is 1.68 bits per heavy atom. The van der Waals surface area contributed by atoms with Gasteiger partial charge in [-0.2, -0.15) is 0 Å². The van der Waals surface area contributed by atoms with Crippen molar-refractivity contribution in [3.05, 3.63) is 72.3 Å². The number of benzene rings is 2. The van der Waals surface area contributed by atoms with Gasteiger partial charge in [-0.05, 0) is 36.6 Å². The first-order valence-corrected chi connectivity index (χ1v) is 7.65. The van der Waals surface area contributed by atoms with Crippen LogP contribution in [0.4, 0.5) is 5.82 Å². The van der Waals surface area contributed by atoms with Crippen LogP contribution in [0, 0.1) is 0 Å². The molecule has 2 N–H and O–H groups in total. The molecule has 0 saturated carbocycles. The standard InChI is InChI=1S/C19H20N2O/c22-14-6-11-18(15-7-2-1-3-8-15)21-19-13-12-16-9-4-5-10-17(16)20-19/h1-5,7-10,12-13,18,22H,6,11,14H2,(H,20,21). The number of rotatable bonds is 6. The first-order chi connectivity index (χ1) is 10.9. The second-order valence-corrected chi connectivity index (χ2v) is 5.36. The van der Waals surface area contributed by atoms with E-state index in [-0.39, 0.29) is 12.6 Å². The Morgan fingerprint density at radius 3 is 2.50 bits per heavy atom. The zero-order valence-corrected chi connectivity index (χ0v) is 12.4. The van der Waals surface area contributed by atoms with E-state index in [9.17, 15) is 0 Å². The van der Waals surface area contributed by atoms with Crippen molar-refractivity contribution < 1.29 is 5.11 Å². The SMILES string of the molecule is OCCCC(Nc1ccc2ccccc2n1)c1ccccc1. The number of aliphatic hydroxyl groups excluding tert-OH is 1. The van der Waals surface area contributed by atoms with E-state index in [1.807, 2.05) is 42.5 Å². The van der Waals surface area contributed by atoms with Crippen LogP contribution in [0.25, 0.3) is 10.9 Å². The van der Waals surface area contributed by atoms with Gasteiger partial charge < -0.3 is 10.4 Å². The second-order valence-electron chi connectivity index (χ2n) is 5.36. The van der Waals surface area contributed by atoms with Crippen molar-refractivity contribution in [3.8, 4) is 0 Å². The molecule has 0 amide bonds. The van der Waals surface area contributed by atoms with Crippen LogP contribution in [0.5, 0.6) is 0 Å². The molecule has 112 valence electrons. The van der Waals surface area contributed by atoms with Crippen LogP contribution in [0.3, 0.4) is 0 Å². The maximum Gasteiger partial charge on any atom is 0.127 e. The summed E-state index contributed by atoms with van der Waals surface area (Å²) in [5, 5.41) is 13.8. The molecular formula is C19H20N2O. The molecule has 2 aromatic carbocycles. The normalized spacial score (nSPS) is 12.2. The average Bonchev–Trinajstić information content (AvgIpc) is 2.59. The van der Waals surface area contributed by atoms with Crippen molar-refractivity contribution in [2.75, 3.05) is 11.9 Å². The molecule has 0 radical (unpaired) electrons. The van der Waals surface area contributed by atoms with Gasteiger partial charge in [0.2, 0.25) is 0 Å². The lowest BCUT2D eigenvalue weighted by Gasteiger charge is -2.19. The minimum Gasteiger partial charge on any atom is -0.396 e. The van der Waals surface area contributed by atoms with E-state index in [1.165, 1.54) is 5.56 Å². The van der Waals surface area contributed by atoms with Crippen molar-refractivity contribution >= 4 is 16.7 Å². The smallest absolute Gasteiger partial charge is 0.127 e. The van der Waals surface area contributed by atoms with Crippen LogP contribution < -0.4 is 5.32 Å². The Balaban J connectivity index is 1.84. The van der Waals surface area contributed by atoms with Crippen molar-refractivity contribution in [2.24, 2.45) is 0 Å². The van der Waals surface area contributed by atoms with Gasteiger partial charge in [0.25, 0.3) is 0 Å². The van der Waals surface area contributed by atoms with Gasteiger partial charge in [-0.3, -0.25) is 0 Å². The van der Waals surface area contributed by atoms with E-state index < -0.39 is 0 Å². The molecule has 0 aliphatic heterocycles. The Hall–Kier alpha value is -2.39. The predicted molar refractivity (Wildman–Crippen MR) is 90.9 cm³/mol. The lowest BCUT2D eigenvalue weighted by molar-refractivity contribution is 0.281. The van der Waals surface area contributed by atoms with Gasteiger partial charge in [-0.25, -0.2) is 4.98 Å². The first-order valence-electron chi connectivity index (χ1n) is 7.65. The molecule has 22 heavy (non-hydrogen) atoms. The summed E-state index contributed by atoms with van der Waals surface area (Å²) in [6.45, 7) is 0.205. The van der Waals surface area contributed by atoms with Gasteiger partial charge in [-0.1, -0.05) is 48.5 Å². The number of aliphatic hydroxyl groups is 1. The molecule has 0 aliphatic rings. The number of fused-ring (bicyclic) bond motifs is 1. The third-order valence-corrected chi connectivity index (χ3v) is 3.77. The highest BCUT2D eigenvalue weighted by molar-refractivity contribution is 5.80. The van der Waals surface area contributed by atoms with Crippen molar-refractivity contribution in [1.82, 2.24) is 4.98 Å². The summed E-state index contributed by atoms with van der Waals surface area (Å²) in [5.74, 6) is 0.866. The zero-order chi connectivity index (χ0) is 15.2. The minimum atomic E-state index is 0.155. The van der Waals surface area contributed by atoms with E-state index in [1.54, 1.807) is 0 Å². The van der Waals surface area contributed by atoms with Gasteiger partial charge >= 0.3 is 0 Å². The Labute approximate surface area is 130 Å². The molecule has 3 rings (SSSR count). The number of hydrogen-bond donors (Lipinski definition) is 2. The lowest BCUT2D eigenvalue weighted by atomic mass is 10.0. The fraction of sp³-hybridized carbons (Fsp3) is 0.211. The molecule has 1 unspecified atom stereocenters. The molecule has 0 saturated heterocycles. The number of aromatic nitrogens is 1. The Morgan fingerprint density at radius 1 is 0.909 bits per heavy atom. The molecule has 0 bridgehead atoms. The van der Waals surface area contributed by atoms with Gasteiger partial charge in [-0.15, -0.1) is 0 Å². The van der Waals surface area contributed by atoms with Gasteiger partial charge in [0, 0.05) is 12.0 Å². The largest absolute Gasteiger partial charge is 0.396 e. The fourth-order valence-electron chi connectivity index (χ4n) is 2.63. The maximum atomic E-state index is 9.13. The molecule has 3 nitrogen and oxygen atoms in total. The highest BCUT2D eigenvalue weighted by Crippen LogP contribution is 2.24. The van der Waals surface area contributed by atoms with E-state index in [4.69, 9.17) is 5.11 Å². The zero-order valence-electron chi connectivity index (χ0n) is 12.4. The quantitative estimate of drug-likeness (QED) is 0.717. The van der Waals surface area contributed by atoms with Gasteiger partial charge in [0.05, 0.1) is 11.6 Å². The highest BCUT2D eigenvalue weighted by Gasteiger charge is 2.11. The van der Waals surface area contributed by atoms with E-state index >= 15 is 0 Å². The van der Waals surface area contributed by atoms with Crippen LogP contribution >= 0.6 is 0 Å². The van der Waals surface area contributed by atoms with Crippen LogP contribution in [-0.2, 0) is 0 Å². The third-order valence-electron chi connectivity index (χ3n) is 3.77. The monoisotopic (exact) mass is 292 g/mol. The molecule has 3 aromatic rings. The number of pyridine rings is 1. The number of nitrogens with one attached hydrogen (secondary N) is 1. The molecule has 0 spiro atoms. The average molecular weight is 292 g/mol. The summed E-state index contributed by atoms with van der Waals surface area (Å²) < 4.78 is 0. The second kappa shape index (κ2) is 7.05. The first kappa shape index (κ1) is 14.5.